The summed E-state index contributed by atoms with van der Waals surface area (Å²) in [7, 11) is 0. The highest BCUT2D eigenvalue weighted by molar-refractivity contribution is 6.06. The van der Waals surface area contributed by atoms with Gasteiger partial charge in [-0.2, -0.15) is 18.3 Å². The molecule has 3 amide bonds. The molecule has 0 saturated heterocycles. The van der Waals surface area contributed by atoms with E-state index in [9.17, 15) is 22.8 Å². The van der Waals surface area contributed by atoms with Crippen molar-refractivity contribution >= 4 is 23.3 Å². The molecule has 1 aliphatic heterocycles. The molecular weight excluding hydrogens is 313 g/mol. The van der Waals surface area contributed by atoms with E-state index >= 15 is 0 Å². The van der Waals surface area contributed by atoms with E-state index in [0.29, 0.717) is 12.1 Å². The third-order valence-corrected chi connectivity index (χ3v) is 3.35. The molecule has 0 radical (unpaired) electrons. The average molecular weight is 328 g/mol. The van der Waals surface area contributed by atoms with Crippen LogP contribution in [-0.4, -0.2) is 24.2 Å². The van der Waals surface area contributed by atoms with Gasteiger partial charge in [-0.05, 0) is 37.6 Å². The van der Waals surface area contributed by atoms with Crippen molar-refractivity contribution in [2.75, 3.05) is 11.9 Å². The van der Waals surface area contributed by atoms with Crippen LogP contribution < -0.4 is 16.1 Å². The quantitative estimate of drug-likeness (QED) is 0.793. The summed E-state index contributed by atoms with van der Waals surface area (Å²) in [6, 6.07) is 3.56. The molecule has 0 spiro atoms. The number of carbonyl (C=O) groups excluding carboxylic acids is 2. The molecule has 3 N–H and O–H groups in total. The molecule has 124 valence electrons. The zero-order valence-electron chi connectivity index (χ0n) is 12.2. The summed E-state index contributed by atoms with van der Waals surface area (Å²) in [5.74, 6) is -0.589. The molecule has 2 rings (SSSR count). The van der Waals surface area contributed by atoms with Gasteiger partial charge in [-0.3, -0.25) is 4.79 Å². The van der Waals surface area contributed by atoms with Crippen molar-refractivity contribution in [1.82, 2.24) is 10.7 Å². The van der Waals surface area contributed by atoms with Crippen molar-refractivity contribution in [3.8, 4) is 0 Å². The largest absolute Gasteiger partial charge is 0.416 e. The van der Waals surface area contributed by atoms with Crippen molar-refractivity contribution in [2.45, 2.75) is 19.5 Å². The maximum Gasteiger partial charge on any atom is 0.416 e. The summed E-state index contributed by atoms with van der Waals surface area (Å²) in [6.45, 7) is 1.95. The van der Waals surface area contributed by atoms with Crippen LogP contribution in [0.2, 0.25) is 0 Å². The van der Waals surface area contributed by atoms with Gasteiger partial charge < -0.3 is 10.6 Å². The Bertz CT molecular complexity index is 626. The molecule has 0 fully saturated rings. The molecule has 0 bridgehead atoms. The van der Waals surface area contributed by atoms with Gasteiger partial charge in [0, 0.05) is 17.9 Å². The minimum atomic E-state index is -4.41. The number of benzene rings is 1. The molecule has 0 unspecified atom stereocenters. The van der Waals surface area contributed by atoms with Gasteiger partial charge >= 0.3 is 12.2 Å². The molecule has 9 heteroatoms. The SMILES string of the molecule is CC1=NNC(=O)[C@H]1CCNC(=O)Nc1ccc(C(F)(F)F)cc1. The van der Waals surface area contributed by atoms with E-state index in [1.807, 2.05) is 0 Å². The zero-order valence-corrected chi connectivity index (χ0v) is 12.2. The Balaban J connectivity index is 1.79. The second-order valence-corrected chi connectivity index (χ2v) is 5.03. The van der Waals surface area contributed by atoms with Crippen LogP contribution >= 0.6 is 0 Å². The number of alkyl halides is 3. The molecule has 1 aromatic carbocycles. The smallest absolute Gasteiger partial charge is 0.338 e. The molecule has 1 heterocycles. The summed E-state index contributed by atoms with van der Waals surface area (Å²) >= 11 is 0. The predicted octanol–water partition coefficient (Wildman–Crippen LogP) is 2.34. The molecule has 1 atom stereocenters. The number of anilines is 1. The number of hydrogen-bond donors (Lipinski definition) is 3. The highest BCUT2D eigenvalue weighted by atomic mass is 19.4. The molecule has 23 heavy (non-hydrogen) atoms. The molecule has 1 aromatic rings. The van der Waals surface area contributed by atoms with Crippen molar-refractivity contribution in [3.05, 3.63) is 29.8 Å². The van der Waals surface area contributed by atoms with E-state index in [-0.39, 0.29) is 24.1 Å². The first-order valence-electron chi connectivity index (χ1n) is 6.83. The molecule has 0 aliphatic carbocycles. The first-order valence-corrected chi connectivity index (χ1v) is 6.83. The van der Waals surface area contributed by atoms with Crippen LogP contribution in [0.1, 0.15) is 18.9 Å². The van der Waals surface area contributed by atoms with Crippen molar-refractivity contribution in [2.24, 2.45) is 11.0 Å². The lowest BCUT2D eigenvalue weighted by Crippen LogP contribution is -2.33. The topological polar surface area (TPSA) is 82.6 Å². The Morgan fingerprint density at radius 2 is 1.96 bits per heavy atom. The monoisotopic (exact) mass is 328 g/mol. The average Bonchev–Trinajstić information content (AvgIpc) is 2.78. The summed E-state index contributed by atoms with van der Waals surface area (Å²) in [5.41, 5.74) is 2.45. The van der Waals surface area contributed by atoms with Crippen molar-refractivity contribution in [1.29, 1.82) is 0 Å². The van der Waals surface area contributed by atoms with Gasteiger partial charge in [0.15, 0.2) is 0 Å². The van der Waals surface area contributed by atoms with E-state index < -0.39 is 17.8 Å². The second kappa shape index (κ2) is 6.67. The van der Waals surface area contributed by atoms with E-state index in [1.54, 1.807) is 6.92 Å². The number of nitrogens with zero attached hydrogens (tertiary/aromatic N) is 1. The minimum absolute atomic E-state index is 0.215. The van der Waals surface area contributed by atoms with Crippen LogP contribution in [0.5, 0.6) is 0 Å². The fourth-order valence-corrected chi connectivity index (χ4v) is 2.08. The van der Waals surface area contributed by atoms with E-state index in [0.717, 1.165) is 12.1 Å². The number of amides is 3. The van der Waals surface area contributed by atoms with Gasteiger partial charge in [-0.1, -0.05) is 0 Å². The summed E-state index contributed by atoms with van der Waals surface area (Å²) in [5, 5.41) is 8.75. The van der Waals surface area contributed by atoms with Crippen LogP contribution in [0.3, 0.4) is 0 Å². The molecular formula is C14H15F3N4O2. The number of nitrogens with one attached hydrogen (secondary N) is 3. The highest BCUT2D eigenvalue weighted by Crippen LogP contribution is 2.29. The van der Waals surface area contributed by atoms with Crippen LogP contribution in [0.4, 0.5) is 23.7 Å². The molecule has 6 nitrogen and oxygen atoms in total. The van der Waals surface area contributed by atoms with Crippen molar-refractivity contribution < 1.29 is 22.8 Å². The Labute approximate surface area is 130 Å². The van der Waals surface area contributed by atoms with Gasteiger partial charge in [0.05, 0.1) is 11.5 Å². The number of hydrogen-bond acceptors (Lipinski definition) is 3. The van der Waals surface area contributed by atoms with Crippen LogP contribution in [0.15, 0.2) is 29.4 Å². The van der Waals surface area contributed by atoms with E-state index in [1.165, 1.54) is 12.1 Å². The van der Waals surface area contributed by atoms with Gasteiger partial charge in [0.25, 0.3) is 0 Å². The fraction of sp³-hybridized carbons (Fsp3) is 0.357. The number of urea groups is 1. The van der Waals surface area contributed by atoms with Crippen LogP contribution in [0.25, 0.3) is 0 Å². The Morgan fingerprint density at radius 3 is 2.48 bits per heavy atom. The summed E-state index contributed by atoms with van der Waals surface area (Å²) < 4.78 is 37.3. The fourth-order valence-electron chi connectivity index (χ4n) is 2.08. The van der Waals surface area contributed by atoms with Gasteiger partial charge in [0.1, 0.15) is 0 Å². The second-order valence-electron chi connectivity index (χ2n) is 5.03. The minimum Gasteiger partial charge on any atom is -0.338 e. The number of carbonyl (C=O) groups is 2. The number of hydrazone groups is 1. The van der Waals surface area contributed by atoms with E-state index in [2.05, 4.69) is 21.2 Å². The maximum atomic E-state index is 12.4. The van der Waals surface area contributed by atoms with Gasteiger partial charge in [0.2, 0.25) is 5.91 Å². The van der Waals surface area contributed by atoms with Crippen molar-refractivity contribution in [3.63, 3.8) is 0 Å². The highest BCUT2D eigenvalue weighted by Gasteiger charge is 2.30. The zero-order chi connectivity index (χ0) is 17.0. The standard InChI is InChI=1S/C14H15F3N4O2/c1-8-11(12(22)21-20-8)6-7-18-13(23)19-10-4-2-9(3-5-10)14(15,16)17/h2-5,11H,6-7H2,1H3,(H,21,22)(H2,18,19,23)/t11-/m0/s1. The Hall–Kier alpha value is -2.58. The lowest BCUT2D eigenvalue weighted by atomic mass is 10.0. The number of rotatable bonds is 4. The lowest BCUT2D eigenvalue weighted by Gasteiger charge is -2.11. The molecule has 0 aromatic heterocycles. The Kier molecular flexibility index (Phi) is 4.87. The number of halogens is 3. The van der Waals surface area contributed by atoms with Crippen LogP contribution in [0, 0.1) is 5.92 Å². The molecule has 0 saturated carbocycles. The summed E-state index contributed by atoms with van der Waals surface area (Å²) in [6.07, 6.45) is -4.02. The third-order valence-electron chi connectivity index (χ3n) is 3.35. The normalized spacial score (nSPS) is 17.5. The summed E-state index contributed by atoms with van der Waals surface area (Å²) in [4.78, 5) is 23.1. The maximum absolute atomic E-state index is 12.4. The first kappa shape index (κ1) is 16.8. The van der Waals surface area contributed by atoms with Gasteiger partial charge in [-0.25, -0.2) is 10.2 Å². The predicted molar refractivity (Wildman–Crippen MR) is 77.8 cm³/mol. The van der Waals surface area contributed by atoms with Crippen LogP contribution in [-0.2, 0) is 11.0 Å². The Morgan fingerprint density at radius 1 is 1.30 bits per heavy atom. The van der Waals surface area contributed by atoms with E-state index in [4.69, 9.17) is 0 Å². The third kappa shape index (κ3) is 4.44. The lowest BCUT2D eigenvalue weighted by molar-refractivity contribution is -0.137. The van der Waals surface area contributed by atoms with Gasteiger partial charge in [-0.15, -0.1) is 0 Å². The first-order chi connectivity index (χ1) is 10.8. The molecule has 1 aliphatic rings.